The van der Waals surface area contributed by atoms with E-state index in [2.05, 4.69) is 21.8 Å². The lowest BCUT2D eigenvalue weighted by molar-refractivity contribution is 0.0581. The number of fused-ring (bicyclic) bond motifs is 1. The molecule has 3 aromatic rings. The average molecular weight is 368 g/mol. The Bertz CT molecular complexity index is 920. The number of hydrogen-bond acceptors (Lipinski definition) is 6. The summed E-state index contributed by atoms with van der Waals surface area (Å²) in [6, 6.07) is 7.66. The number of nitrogens with zero attached hydrogens (tertiary/aromatic N) is 4. The van der Waals surface area contributed by atoms with Crippen LogP contribution >= 0.6 is 11.3 Å². The fourth-order valence-corrected chi connectivity index (χ4v) is 4.15. The summed E-state index contributed by atoms with van der Waals surface area (Å²) in [5.74, 6) is -0.199. The number of aromatic hydroxyl groups is 1. The van der Waals surface area contributed by atoms with Crippen LogP contribution in [0.1, 0.15) is 28.3 Å². The molecule has 6 nitrogen and oxygen atoms in total. The number of rotatable bonds is 3. The first-order chi connectivity index (χ1) is 12.6. The maximum atomic E-state index is 13.0. The van der Waals surface area contributed by atoms with Crippen LogP contribution < -0.4 is 0 Å². The molecule has 0 bridgehead atoms. The zero-order valence-electron chi connectivity index (χ0n) is 14.5. The average Bonchev–Trinajstić information content (AvgIpc) is 3.22. The second kappa shape index (κ2) is 7.01. The van der Waals surface area contributed by atoms with Gasteiger partial charge in [-0.25, -0.2) is 4.98 Å². The lowest BCUT2D eigenvalue weighted by atomic mass is 10.1. The fourth-order valence-electron chi connectivity index (χ4n) is 3.42. The van der Waals surface area contributed by atoms with E-state index in [-0.39, 0.29) is 17.7 Å². The number of thiazole rings is 1. The number of carbonyl (C=O) groups is 1. The third-order valence-corrected chi connectivity index (χ3v) is 5.87. The van der Waals surface area contributed by atoms with Gasteiger partial charge in [-0.15, -0.1) is 11.3 Å². The Hall–Kier alpha value is -2.51. The van der Waals surface area contributed by atoms with Crippen LogP contribution in [0.2, 0.25) is 0 Å². The Morgan fingerprint density at radius 1 is 1.19 bits per heavy atom. The molecular weight excluding hydrogens is 348 g/mol. The van der Waals surface area contributed by atoms with E-state index in [9.17, 15) is 9.90 Å². The first kappa shape index (κ1) is 16.9. The fraction of sp³-hybridized carbons (Fsp3) is 0.316. The van der Waals surface area contributed by atoms with Gasteiger partial charge in [0.05, 0.1) is 23.3 Å². The first-order valence-corrected chi connectivity index (χ1v) is 9.52. The number of amides is 1. The molecule has 1 N–H and O–H groups in total. The molecule has 4 rings (SSSR count). The van der Waals surface area contributed by atoms with Gasteiger partial charge in [0.15, 0.2) is 0 Å². The van der Waals surface area contributed by atoms with Crippen LogP contribution in [-0.4, -0.2) is 57.0 Å². The van der Waals surface area contributed by atoms with Crippen LogP contribution in [0.4, 0.5) is 0 Å². The van der Waals surface area contributed by atoms with Gasteiger partial charge < -0.3 is 10.0 Å². The van der Waals surface area contributed by atoms with Crippen molar-refractivity contribution in [2.45, 2.75) is 13.0 Å². The molecule has 2 aromatic heterocycles. The monoisotopic (exact) mass is 368 g/mol. The summed E-state index contributed by atoms with van der Waals surface area (Å²) in [5.41, 5.74) is 1.06. The Labute approximate surface area is 155 Å². The van der Waals surface area contributed by atoms with Gasteiger partial charge >= 0.3 is 0 Å². The standard InChI is InChI=1S/C19H20N4O2S/c1-13(18-20-6-11-26-18)22-7-9-23(10-8-22)19(25)17-14-4-2-3-5-15(14)21-12-16(17)24/h2-6,11-13,24H,7-10H2,1H3. The summed E-state index contributed by atoms with van der Waals surface area (Å²) in [6.07, 6.45) is 3.18. The molecule has 1 aromatic carbocycles. The minimum atomic E-state index is -0.136. The summed E-state index contributed by atoms with van der Waals surface area (Å²) in [7, 11) is 0. The summed E-state index contributed by atoms with van der Waals surface area (Å²) in [6.45, 7) is 4.99. The molecule has 1 saturated heterocycles. The van der Waals surface area contributed by atoms with Crippen LogP contribution in [0.15, 0.2) is 42.0 Å². The topological polar surface area (TPSA) is 69.6 Å². The maximum Gasteiger partial charge on any atom is 0.258 e. The zero-order valence-corrected chi connectivity index (χ0v) is 15.3. The highest BCUT2D eigenvalue weighted by Gasteiger charge is 2.28. The summed E-state index contributed by atoms with van der Waals surface area (Å²) in [5, 5.41) is 14.0. The number of hydrogen-bond donors (Lipinski definition) is 1. The first-order valence-electron chi connectivity index (χ1n) is 8.64. The van der Waals surface area contributed by atoms with Gasteiger partial charge in [0, 0.05) is 43.1 Å². The maximum absolute atomic E-state index is 13.0. The van der Waals surface area contributed by atoms with Crippen molar-refractivity contribution in [2.75, 3.05) is 26.2 Å². The summed E-state index contributed by atoms with van der Waals surface area (Å²) >= 11 is 1.66. The molecule has 1 unspecified atom stereocenters. The van der Waals surface area contributed by atoms with Gasteiger partial charge in [-0.1, -0.05) is 18.2 Å². The molecule has 0 saturated carbocycles. The highest BCUT2D eigenvalue weighted by molar-refractivity contribution is 7.09. The molecular formula is C19H20N4O2S. The third kappa shape index (κ3) is 3.04. The number of carbonyl (C=O) groups excluding carboxylic acids is 1. The van der Waals surface area contributed by atoms with Crippen molar-refractivity contribution in [3.8, 4) is 5.75 Å². The van der Waals surface area contributed by atoms with Gasteiger partial charge in [0.25, 0.3) is 5.91 Å². The predicted octanol–water partition coefficient (Wildman–Crippen LogP) is 2.92. The lowest BCUT2D eigenvalue weighted by Crippen LogP contribution is -2.49. The Morgan fingerprint density at radius 2 is 1.96 bits per heavy atom. The number of para-hydroxylation sites is 1. The molecule has 0 spiro atoms. The van der Waals surface area contributed by atoms with Crippen molar-refractivity contribution in [1.82, 2.24) is 19.8 Å². The molecule has 0 radical (unpaired) electrons. The predicted molar refractivity (Wildman–Crippen MR) is 101 cm³/mol. The Kier molecular flexibility index (Phi) is 4.57. The zero-order chi connectivity index (χ0) is 18.1. The van der Waals surface area contributed by atoms with E-state index in [0.29, 0.717) is 29.6 Å². The molecule has 0 aliphatic carbocycles. The molecule has 1 atom stereocenters. The second-order valence-corrected chi connectivity index (χ2v) is 7.34. The van der Waals surface area contributed by atoms with Gasteiger partial charge in [-0.3, -0.25) is 14.7 Å². The Morgan fingerprint density at radius 3 is 2.69 bits per heavy atom. The van der Waals surface area contributed by atoms with Gasteiger partial charge in [-0.2, -0.15) is 0 Å². The van der Waals surface area contributed by atoms with Crippen molar-refractivity contribution in [3.63, 3.8) is 0 Å². The number of pyridine rings is 1. The lowest BCUT2D eigenvalue weighted by Gasteiger charge is -2.37. The van der Waals surface area contributed by atoms with Crippen molar-refractivity contribution in [1.29, 1.82) is 0 Å². The molecule has 7 heteroatoms. The molecule has 26 heavy (non-hydrogen) atoms. The van der Waals surface area contributed by atoms with Crippen molar-refractivity contribution in [2.24, 2.45) is 0 Å². The van der Waals surface area contributed by atoms with E-state index in [4.69, 9.17) is 0 Å². The van der Waals surface area contributed by atoms with Crippen molar-refractivity contribution < 1.29 is 9.90 Å². The summed E-state index contributed by atoms with van der Waals surface area (Å²) in [4.78, 5) is 25.8. The number of aromatic nitrogens is 2. The minimum absolute atomic E-state index is 0.0627. The molecule has 134 valence electrons. The highest BCUT2D eigenvalue weighted by Crippen LogP contribution is 2.28. The van der Waals surface area contributed by atoms with Gasteiger partial charge in [0.1, 0.15) is 10.8 Å². The highest BCUT2D eigenvalue weighted by atomic mass is 32.1. The second-order valence-electron chi connectivity index (χ2n) is 6.41. The molecule has 1 aliphatic heterocycles. The minimum Gasteiger partial charge on any atom is -0.505 e. The van der Waals surface area contributed by atoms with E-state index >= 15 is 0 Å². The summed E-state index contributed by atoms with van der Waals surface area (Å²) < 4.78 is 0. The van der Waals surface area contributed by atoms with E-state index in [1.54, 1.807) is 11.3 Å². The van der Waals surface area contributed by atoms with Crippen LogP contribution in [0.5, 0.6) is 5.75 Å². The smallest absolute Gasteiger partial charge is 0.258 e. The van der Waals surface area contributed by atoms with Crippen molar-refractivity contribution >= 4 is 28.1 Å². The SMILES string of the molecule is CC(c1nccs1)N1CCN(C(=O)c2c(O)cnc3ccccc23)CC1. The van der Waals surface area contributed by atoms with Crippen LogP contribution in [0, 0.1) is 0 Å². The number of benzene rings is 1. The quantitative estimate of drug-likeness (QED) is 0.770. The van der Waals surface area contributed by atoms with E-state index in [1.807, 2.05) is 40.7 Å². The van der Waals surface area contributed by atoms with Crippen LogP contribution in [0.25, 0.3) is 10.9 Å². The molecule has 3 heterocycles. The van der Waals surface area contributed by atoms with E-state index in [0.717, 1.165) is 18.1 Å². The normalized spacial score (nSPS) is 16.7. The number of piperazine rings is 1. The van der Waals surface area contributed by atoms with Gasteiger partial charge in [0.2, 0.25) is 0 Å². The van der Waals surface area contributed by atoms with E-state index < -0.39 is 0 Å². The van der Waals surface area contributed by atoms with E-state index in [1.165, 1.54) is 6.20 Å². The molecule has 1 amide bonds. The largest absolute Gasteiger partial charge is 0.505 e. The molecule has 1 fully saturated rings. The van der Waals surface area contributed by atoms with Crippen LogP contribution in [0.3, 0.4) is 0 Å². The van der Waals surface area contributed by atoms with Gasteiger partial charge in [-0.05, 0) is 13.0 Å². The van der Waals surface area contributed by atoms with Crippen LogP contribution in [-0.2, 0) is 0 Å². The third-order valence-electron chi connectivity index (χ3n) is 4.93. The van der Waals surface area contributed by atoms with Crippen molar-refractivity contribution in [3.05, 3.63) is 52.6 Å². The molecule has 1 aliphatic rings. The Balaban J connectivity index is 1.52.